The molecule has 0 bridgehead atoms. The summed E-state index contributed by atoms with van der Waals surface area (Å²) in [7, 11) is 1.21. The molecule has 0 aliphatic carbocycles. The van der Waals surface area contributed by atoms with Crippen LogP contribution in [0.2, 0.25) is 5.02 Å². The Bertz CT molecular complexity index is 750. The van der Waals surface area contributed by atoms with Crippen LogP contribution in [0.25, 0.3) is 6.08 Å². The highest BCUT2D eigenvalue weighted by atomic mass is 35.5. The van der Waals surface area contributed by atoms with Gasteiger partial charge in [0.15, 0.2) is 11.4 Å². The molecule has 0 saturated heterocycles. The first-order valence-corrected chi connectivity index (χ1v) is 6.78. The summed E-state index contributed by atoms with van der Waals surface area (Å²) in [6.45, 7) is 1.55. The summed E-state index contributed by atoms with van der Waals surface area (Å²) in [6.07, 6.45) is -3.16. The molecule has 2 aromatic rings. The Kier molecular flexibility index (Phi) is 4.74. The third kappa shape index (κ3) is 4.32. The smallest absolute Gasteiger partial charge is 0.325 e. The van der Waals surface area contributed by atoms with E-state index in [2.05, 4.69) is 15.5 Å². The molecule has 0 saturated carbocycles. The van der Waals surface area contributed by atoms with Crippen molar-refractivity contribution in [3.8, 4) is 0 Å². The molecule has 0 spiro atoms. The predicted molar refractivity (Wildman–Crippen MR) is 78.6 cm³/mol. The van der Waals surface area contributed by atoms with Gasteiger partial charge in [-0.15, -0.1) is 10.2 Å². The van der Waals surface area contributed by atoms with Gasteiger partial charge in [0, 0.05) is 17.8 Å². The number of benzene rings is 1. The number of alkyl halides is 3. The topological polar surface area (TPSA) is 59.8 Å². The predicted octanol–water partition coefficient (Wildman–Crippen LogP) is 3.28. The van der Waals surface area contributed by atoms with Crippen LogP contribution in [0.5, 0.6) is 0 Å². The fourth-order valence-corrected chi connectivity index (χ4v) is 1.96. The molecule has 1 heterocycles. The van der Waals surface area contributed by atoms with Crippen LogP contribution in [0.15, 0.2) is 30.0 Å². The van der Waals surface area contributed by atoms with Crippen LogP contribution in [0.4, 0.5) is 13.2 Å². The average Bonchev–Trinajstić information content (AvgIpc) is 2.83. The number of halogens is 4. The molecule has 5 nitrogen and oxygen atoms in total. The standard InChI is InChI=1S/C14H12ClF3N4O/c1-8(7-9-3-5-10(15)6-4-9)19-13(23)11-12(14(16,17)18)21-22(2)20-11/h3-7H,1-2H3,(H,19,23)/b8-7+. The number of hydrogen-bond donors (Lipinski definition) is 1. The maximum absolute atomic E-state index is 12.8. The molecule has 0 unspecified atom stereocenters. The Morgan fingerprint density at radius 1 is 1.26 bits per heavy atom. The van der Waals surface area contributed by atoms with Crippen LogP contribution in [0.1, 0.15) is 28.7 Å². The van der Waals surface area contributed by atoms with Crippen molar-refractivity contribution in [1.82, 2.24) is 20.3 Å². The van der Waals surface area contributed by atoms with Crippen LogP contribution in [0.3, 0.4) is 0 Å². The number of amides is 1. The second kappa shape index (κ2) is 6.41. The minimum atomic E-state index is -4.76. The molecule has 2 rings (SSSR count). The van der Waals surface area contributed by atoms with E-state index in [0.717, 1.165) is 5.56 Å². The van der Waals surface area contributed by atoms with Gasteiger partial charge in [-0.25, -0.2) is 0 Å². The molecule has 0 aliphatic rings. The summed E-state index contributed by atoms with van der Waals surface area (Å²) in [5, 5.41) is 9.58. The molecule has 0 radical (unpaired) electrons. The minimum absolute atomic E-state index is 0.358. The van der Waals surface area contributed by atoms with Gasteiger partial charge in [0.1, 0.15) is 0 Å². The SMILES string of the molecule is C/C(=C\c1ccc(Cl)cc1)NC(=O)c1nn(C)nc1C(F)(F)F. The van der Waals surface area contributed by atoms with E-state index in [-0.39, 0.29) is 0 Å². The summed E-state index contributed by atoms with van der Waals surface area (Å²) in [6, 6.07) is 6.74. The van der Waals surface area contributed by atoms with Crippen molar-refractivity contribution in [1.29, 1.82) is 0 Å². The molecule has 0 atom stereocenters. The van der Waals surface area contributed by atoms with Crippen molar-refractivity contribution in [3.63, 3.8) is 0 Å². The highest BCUT2D eigenvalue weighted by Gasteiger charge is 2.40. The Morgan fingerprint density at radius 2 is 1.87 bits per heavy atom. The molecule has 23 heavy (non-hydrogen) atoms. The first kappa shape index (κ1) is 17.0. The third-order valence-electron chi connectivity index (χ3n) is 2.76. The van der Waals surface area contributed by atoms with Gasteiger partial charge in [0.25, 0.3) is 5.91 Å². The van der Waals surface area contributed by atoms with Gasteiger partial charge >= 0.3 is 6.18 Å². The summed E-state index contributed by atoms with van der Waals surface area (Å²) < 4.78 is 38.5. The van der Waals surface area contributed by atoms with Crippen LogP contribution in [0, 0.1) is 0 Å². The Labute approximate surface area is 134 Å². The van der Waals surface area contributed by atoms with Crippen LogP contribution in [-0.2, 0) is 13.2 Å². The number of allylic oxidation sites excluding steroid dienone is 1. The zero-order valence-electron chi connectivity index (χ0n) is 12.1. The number of rotatable bonds is 3. The van der Waals surface area contributed by atoms with Gasteiger partial charge in [-0.2, -0.15) is 18.0 Å². The Morgan fingerprint density at radius 3 is 2.43 bits per heavy atom. The summed E-state index contributed by atoms with van der Waals surface area (Å²) in [4.78, 5) is 12.7. The monoisotopic (exact) mass is 344 g/mol. The molecule has 0 fully saturated rings. The van der Waals surface area contributed by atoms with Gasteiger partial charge in [-0.3, -0.25) is 4.79 Å². The number of nitrogens with one attached hydrogen (secondary N) is 1. The second-order valence-corrected chi connectivity index (χ2v) is 5.15. The fraction of sp³-hybridized carbons (Fsp3) is 0.214. The zero-order chi connectivity index (χ0) is 17.2. The average molecular weight is 345 g/mol. The molecular formula is C14H12ClF3N4O. The van der Waals surface area contributed by atoms with Crippen molar-refractivity contribution in [2.24, 2.45) is 7.05 Å². The van der Waals surface area contributed by atoms with Crippen molar-refractivity contribution in [2.45, 2.75) is 13.1 Å². The van der Waals surface area contributed by atoms with E-state index in [4.69, 9.17) is 11.6 Å². The molecule has 1 N–H and O–H groups in total. The quantitative estimate of drug-likeness (QED) is 0.929. The molecule has 1 amide bonds. The maximum Gasteiger partial charge on any atom is 0.437 e. The summed E-state index contributed by atoms with van der Waals surface area (Å²) >= 11 is 5.76. The lowest BCUT2D eigenvalue weighted by Gasteiger charge is -2.06. The molecule has 9 heteroatoms. The van der Waals surface area contributed by atoms with E-state index in [1.807, 2.05) is 0 Å². The second-order valence-electron chi connectivity index (χ2n) is 4.72. The fourth-order valence-electron chi connectivity index (χ4n) is 1.83. The lowest BCUT2D eigenvalue weighted by Crippen LogP contribution is -2.25. The zero-order valence-corrected chi connectivity index (χ0v) is 12.9. The minimum Gasteiger partial charge on any atom is -0.325 e. The van der Waals surface area contributed by atoms with Gasteiger partial charge in [-0.1, -0.05) is 23.7 Å². The Hall–Kier alpha value is -2.35. The number of aromatic nitrogens is 3. The van der Waals surface area contributed by atoms with E-state index in [9.17, 15) is 18.0 Å². The molecular weight excluding hydrogens is 333 g/mol. The van der Waals surface area contributed by atoms with Gasteiger partial charge in [0.2, 0.25) is 0 Å². The number of hydrogen-bond acceptors (Lipinski definition) is 3. The summed E-state index contributed by atoms with van der Waals surface area (Å²) in [5.74, 6) is -0.979. The van der Waals surface area contributed by atoms with Crippen molar-refractivity contribution in [3.05, 3.63) is 51.9 Å². The highest BCUT2D eigenvalue weighted by Crippen LogP contribution is 2.29. The lowest BCUT2D eigenvalue weighted by molar-refractivity contribution is -0.141. The van der Waals surface area contributed by atoms with Crippen molar-refractivity contribution >= 4 is 23.6 Å². The maximum atomic E-state index is 12.8. The van der Waals surface area contributed by atoms with Gasteiger partial charge < -0.3 is 5.32 Å². The largest absolute Gasteiger partial charge is 0.437 e. The van der Waals surface area contributed by atoms with Gasteiger partial charge in [-0.05, 0) is 30.7 Å². The van der Waals surface area contributed by atoms with E-state index in [1.165, 1.54) is 7.05 Å². The van der Waals surface area contributed by atoms with Crippen LogP contribution in [-0.4, -0.2) is 20.9 Å². The van der Waals surface area contributed by atoms with Gasteiger partial charge in [0.05, 0.1) is 0 Å². The number of nitrogens with zero attached hydrogens (tertiary/aromatic N) is 3. The number of carbonyl (C=O) groups excluding carboxylic acids is 1. The number of aryl methyl sites for hydroxylation is 1. The van der Waals surface area contributed by atoms with E-state index < -0.39 is 23.5 Å². The molecule has 122 valence electrons. The van der Waals surface area contributed by atoms with E-state index >= 15 is 0 Å². The first-order chi connectivity index (χ1) is 10.7. The van der Waals surface area contributed by atoms with E-state index in [0.29, 0.717) is 15.5 Å². The van der Waals surface area contributed by atoms with Crippen LogP contribution < -0.4 is 5.32 Å². The molecule has 1 aromatic carbocycles. The highest BCUT2D eigenvalue weighted by molar-refractivity contribution is 6.30. The lowest BCUT2D eigenvalue weighted by atomic mass is 10.2. The molecule has 1 aromatic heterocycles. The molecule has 0 aliphatic heterocycles. The van der Waals surface area contributed by atoms with E-state index in [1.54, 1.807) is 37.3 Å². The normalized spacial score (nSPS) is 12.3. The van der Waals surface area contributed by atoms with Crippen molar-refractivity contribution < 1.29 is 18.0 Å². The van der Waals surface area contributed by atoms with Crippen LogP contribution >= 0.6 is 11.6 Å². The number of carbonyl (C=O) groups is 1. The van der Waals surface area contributed by atoms with Crippen molar-refractivity contribution in [2.75, 3.05) is 0 Å². The Balaban J connectivity index is 2.20. The third-order valence-corrected chi connectivity index (χ3v) is 3.01. The summed E-state index contributed by atoms with van der Waals surface area (Å²) in [5.41, 5.74) is -1.00. The first-order valence-electron chi connectivity index (χ1n) is 6.40.